The number of ether oxygens (including phenoxy) is 1. The molecule has 0 aliphatic carbocycles. The molecular weight excluding hydrogens is 472 g/mol. The molecule has 3 heterocycles. The van der Waals surface area contributed by atoms with Crippen molar-refractivity contribution in [1.82, 2.24) is 24.2 Å². The van der Waals surface area contributed by atoms with Crippen LogP contribution in [-0.2, 0) is 4.79 Å². The predicted molar refractivity (Wildman–Crippen MR) is 143 cm³/mol. The molecule has 0 aliphatic rings. The number of nitrogens with zero attached hydrogens (tertiary/aromatic N) is 5. The van der Waals surface area contributed by atoms with Crippen molar-refractivity contribution in [3.63, 3.8) is 0 Å². The molecule has 0 radical (unpaired) electrons. The number of rotatable bonds is 9. The van der Waals surface area contributed by atoms with Crippen LogP contribution in [-0.4, -0.2) is 42.5 Å². The van der Waals surface area contributed by atoms with Crippen LogP contribution in [0.25, 0.3) is 22.4 Å². The van der Waals surface area contributed by atoms with Gasteiger partial charge in [-0.3, -0.25) is 9.20 Å². The van der Waals surface area contributed by atoms with E-state index in [1.807, 2.05) is 79.2 Å². The second kappa shape index (κ2) is 10.4. The molecule has 0 fully saturated rings. The van der Waals surface area contributed by atoms with Crippen molar-refractivity contribution in [2.24, 2.45) is 0 Å². The summed E-state index contributed by atoms with van der Waals surface area (Å²) in [5.74, 6) is 1.00. The van der Waals surface area contributed by atoms with E-state index in [1.165, 1.54) is 17.3 Å². The van der Waals surface area contributed by atoms with E-state index in [-0.39, 0.29) is 11.7 Å². The van der Waals surface area contributed by atoms with E-state index in [1.54, 1.807) is 4.52 Å². The van der Waals surface area contributed by atoms with Gasteiger partial charge in [-0.05, 0) is 73.9 Å². The molecule has 9 heteroatoms. The zero-order valence-corrected chi connectivity index (χ0v) is 21.4. The maximum atomic E-state index is 12.5. The van der Waals surface area contributed by atoms with Crippen LogP contribution < -0.4 is 10.1 Å². The molecule has 5 rings (SSSR count). The van der Waals surface area contributed by atoms with Crippen LogP contribution in [0.4, 0.5) is 5.69 Å². The van der Waals surface area contributed by atoms with Crippen LogP contribution in [0.5, 0.6) is 5.75 Å². The van der Waals surface area contributed by atoms with E-state index in [0.717, 1.165) is 53.2 Å². The number of aromatic nitrogens is 5. The normalized spacial score (nSPS) is 11.3. The number of carbonyl (C=O) groups is 1. The first-order valence-corrected chi connectivity index (χ1v) is 13.0. The highest BCUT2D eigenvalue weighted by Gasteiger charge is 2.14. The Morgan fingerprint density at radius 2 is 1.86 bits per heavy atom. The SMILES string of the molecule is CCCCOc1ccc(-c2cc3c4nnc(SCC(=O)Nc5ccc(C)c(C)c5)n4ccn3n2)cc1. The molecule has 0 atom stereocenters. The molecule has 36 heavy (non-hydrogen) atoms. The van der Waals surface area contributed by atoms with Gasteiger partial charge in [-0.1, -0.05) is 31.2 Å². The van der Waals surface area contributed by atoms with Crippen LogP contribution >= 0.6 is 11.8 Å². The average molecular weight is 501 g/mol. The minimum Gasteiger partial charge on any atom is -0.494 e. The van der Waals surface area contributed by atoms with Crippen LogP contribution in [0.15, 0.2) is 66.1 Å². The molecule has 1 N–H and O–H groups in total. The van der Waals surface area contributed by atoms with E-state index in [4.69, 9.17) is 9.84 Å². The lowest BCUT2D eigenvalue weighted by Gasteiger charge is -2.07. The van der Waals surface area contributed by atoms with E-state index < -0.39 is 0 Å². The van der Waals surface area contributed by atoms with E-state index in [0.29, 0.717) is 10.8 Å². The lowest BCUT2D eigenvalue weighted by molar-refractivity contribution is -0.113. The van der Waals surface area contributed by atoms with Crippen molar-refractivity contribution >= 4 is 34.5 Å². The van der Waals surface area contributed by atoms with E-state index in [9.17, 15) is 4.79 Å². The Balaban J connectivity index is 1.30. The summed E-state index contributed by atoms with van der Waals surface area (Å²) in [6.45, 7) is 6.95. The molecule has 0 saturated heterocycles. The summed E-state index contributed by atoms with van der Waals surface area (Å²) < 4.78 is 9.45. The average Bonchev–Trinajstić information content (AvgIpc) is 3.50. The zero-order chi connectivity index (χ0) is 25.1. The highest BCUT2D eigenvalue weighted by atomic mass is 32.2. The number of hydrogen-bond acceptors (Lipinski definition) is 6. The number of thioether (sulfide) groups is 1. The zero-order valence-electron chi connectivity index (χ0n) is 20.6. The Bertz CT molecular complexity index is 1520. The van der Waals surface area contributed by atoms with Gasteiger partial charge in [0.1, 0.15) is 11.3 Å². The molecular formula is C27H28N6O2S. The van der Waals surface area contributed by atoms with Gasteiger partial charge in [-0.2, -0.15) is 5.10 Å². The van der Waals surface area contributed by atoms with Crippen molar-refractivity contribution < 1.29 is 9.53 Å². The number of anilines is 1. The summed E-state index contributed by atoms with van der Waals surface area (Å²) in [6.07, 6.45) is 5.89. The van der Waals surface area contributed by atoms with E-state index in [2.05, 4.69) is 22.4 Å². The number of benzene rings is 2. The molecule has 0 unspecified atom stereocenters. The number of carbonyl (C=O) groups excluding carboxylic acids is 1. The predicted octanol–water partition coefficient (Wildman–Crippen LogP) is 5.57. The molecule has 0 aliphatic heterocycles. The van der Waals surface area contributed by atoms with Crippen molar-refractivity contribution in [2.75, 3.05) is 17.7 Å². The molecule has 2 aromatic carbocycles. The topological polar surface area (TPSA) is 85.8 Å². The van der Waals surface area contributed by atoms with Gasteiger partial charge in [0.05, 0.1) is 18.1 Å². The van der Waals surface area contributed by atoms with Crippen LogP contribution in [0, 0.1) is 13.8 Å². The maximum Gasteiger partial charge on any atom is 0.234 e. The van der Waals surface area contributed by atoms with Crippen LogP contribution in [0.1, 0.15) is 30.9 Å². The molecule has 8 nitrogen and oxygen atoms in total. The van der Waals surface area contributed by atoms with Crippen molar-refractivity contribution in [3.05, 3.63) is 72.1 Å². The third-order valence-electron chi connectivity index (χ3n) is 6.03. The Labute approximate surface area is 213 Å². The van der Waals surface area contributed by atoms with Gasteiger partial charge in [0.2, 0.25) is 5.91 Å². The van der Waals surface area contributed by atoms with Crippen molar-refractivity contribution in [2.45, 2.75) is 38.8 Å². The lowest BCUT2D eigenvalue weighted by atomic mass is 10.1. The fourth-order valence-electron chi connectivity index (χ4n) is 3.83. The van der Waals surface area contributed by atoms with Gasteiger partial charge in [-0.15, -0.1) is 10.2 Å². The molecule has 3 aromatic heterocycles. The lowest BCUT2D eigenvalue weighted by Crippen LogP contribution is -2.14. The Hall–Kier alpha value is -3.85. The number of nitrogens with one attached hydrogen (secondary N) is 1. The summed E-state index contributed by atoms with van der Waals surface area (Å²) >= 11 is 1.35. The summed E-state index contributed by atoms with van der Waals surface area (Å²) in [6, 6.07) is 15.9. The second-order valence-electron chi connectivity index (χ2n) is 8.70. The maximum absolute atomic E-state index is 12.5. The monoisotopic (exact) mass is 500 g/mol. The first-order valence-electron chi connectivity index (χ1n) is 12.0. The molecule has 0 saturated carbocycles. The standard InChI is InChI=1S/C27H28N6O2S/c1-4-5-14-35-22-10-7-20(8-11-22)23-16-24-26-29-30-27(32(26)12-13-33(24)31-23)36-17-25(34)28-21-9-6-18(2)19(3)15-21/h6-13,15-16H,4-5,14,17H2,1-3H3,(H,28,34). The summed E-state index contributed by atoms with van der Waals surface area (Å²) in [7, 11) is 0. The van der Waals surface area contributed by atoms with E-state index >= 15 is 0 Å². The van der Waals surface area contributed by atoms with Gasteiger partial charge in [0, 0.05) is 23.6 Å². The Morgan fingerprint density at radius 1 is 1.03 bits per heavy atom. The number of aryl methyl sites for hydroxylation is 2. The molecule has 184 valence electrons. The van der Waals surface area contributed by atoms with Gasteiger partial charge in [0.25, 0.3) is 0 Å². The summed E-state index contributed by atoms with van der Waals surface area (Å²) in [4.78, 5) is 12.5. The third-order valence-corrected chi connectivity index (χ3v) is 6.97. The quantitative estimate of drug-likeness (QED) is 0.210. The summed E-state index contributed by atoms with van der Waals surface area (Å²) in [5, 5.41) is 17.0. The van der Waals surface area contributed by atoms with Crippen LogP contribution in [0.3, 0.4) is 0 Å². The minimum atomic E-state index is -0.0881. The van der Waals surface area contributed by atoms with Gasteiger partial charge in [0.15, 0.2) is 10.8 Å². The smallest absolute Gasteiger partial charge is 0.234 e. The number of fused-ring (bicyclic) bond motifs is 3. The van der Waals surface area contributed by atoms with Gasteiger partial charge >= 0.3 is 0 Å². The fourth-order valence-corrected chi connectivity index (χ4v) is 4.55. The number of amides is 1. The highest BCUT2D eigenvalue weighted by molar-refractivity contribution is 7.99. The van der Waals surface area contributed by atoms with Crippen molar-refractivity contribution in [3.8, 4) is 17.0 Å². The Morgan fingerprint density at radius 3 is 2.64 bits per heavy atom. The fraction of sp³-hybridized carbons (Fsp3) is 0.259. The Kier molecular flexibility index (Phi) is 6.90. The molecule has 0 bridgehead atoms. The van der Waals surface area contributed by atoms with Gasteiger partial charge in [-0.25, -0.2) is 4.52 Å². The molecule has 1 amide bonds. The van der Waals surface area contributed by atoms with Gasteiger partial charge < -0.3 is 10.1 Å². The van der Waals surface area contributed by atoms with Crippen LogP contribution in [0.2, 0.25) is 0 Å². The largest absolute Gasteiger partial charge is 0.494 e. The highest BCUT2D eigenvalue weighted by Crippen LogP contribution is 2.26. The number of unbranched alkanes of at least 4 members (excludes halogenated alkanes) is 1. The number of hydrogen-bond donors (Lipinski definition) is 1. The minimum absolute atomic E-state index is 0.0881. The molecule has 5 aromatic rings. The van der Waals surface area contributed by atoms with Crippen molar-refractivity contribution in [1.29, 1.82) is 0 Å². The first-order chi connectivity index (χ1) is 17.5. The third kappa shape index (κ3) is 5.06. The summed E-state index contributed by atoms with van der Waals surface area (Å²) in [5.41, 5.74) is 6.50. The first kappa shape index (κ1) is 23.9. The molecule has 0 spiro atoms. The second-order valence-corrected chi connectivity index (χ2v) is 9.64.